The Morgan fingerprint density at radius 2 is 1.58 bits per heavy atom. The summed E-state index contributed by atoms with van der Waals surface area (Å²) in [6, 6.07) is 19.9. The van der Waals surface area contributed by atoms with Crippen LogP contribution >= 0.6 is 0 Å². The van der Waals surface area contributed by atoms with Crippen LogP contribution in [0.5, 0.6) is 0 Å². The first-order valence-electron chi connectivity index (χ1n) is 8.67. The van der Waals surface area contributed by atoms with Crippen LogP contribution in [0, 0.1) is 6.92 Å². The third kappa shape index (κ3) is 2.24. The largest absolute Gasteiger partial charge is 0.398 e. The molecule has 0 unspecified atom stereocenters. The molecule has 0 saturated heterocycles. The van der Waals surface area contributed by atoms with Crippen molar-refractivity contribution in [2.45, 2.75) is 33.1 Å². The van der Waals surface area contributed by atoms with Crippen LogP contribution in [0.4, 0.5) is 5.69 Å². The number of aryl methyl sites for hydroxylation is 1. The van der Waals surface area contributed by atoms with Crippen LogP contribution in [-0.2, 0) is 6.42 Å². The first kappa shape index (κ1) is 15.0. The molecule has 0 fully saturated rings. The Balaban J connectivity index is 1.92. The quantitative estimate of drug-likeness (QED) is 0.455. The molecule has 120 valence electrons. The molecule has 0 spiro atoms. The lowest BCUT2D eigenvalue weighted by Gasteiger charge is -2.16. The van der Waals surface area contributed by atoms with Gasteiger partial charge in [0.05, 0.1) is 0 Å². The van der Waals surface area contributed by atoms with Gasteiger partial charge in [-0.1, -0.05) is 56.3 Å². The summed E-state index contributed by atoms with van der Waals surface area (Å²) < 4.78 is 0. The van der Waals surface area contributed by atoms with Crippen LogP contribution < -0.4 is 5.73 Å². The highest BCUT2D eigenvalue weighted by molar-refractivity contribution is 5.85. The van der Waals surface area contributed by atoms with Gasteiger partial charge in [0, 0.05) is 5.69 Å². The average Bonchev–Trinajstić information content (AvgIpc) is 2.95. The van der Waals surface area contributed by atoms with E-state index in [1.54, 1.807) is 0 Å². The van der Waals surface area contributed by atoms with Gasteiger partial charge in [-0.05, 0) is 75.9 Å². The van der Waals surface area contributed by atoms with E-state index in [0.29, 0.717) is 5.92 Å². The van der Waals surface area contributed by atoms with Gasteiger partial charge in [0.25, 0.3) is 0 Å². The number of fused-ring (bicyclic) bond motifs is 3. The summed E-state index contributed by atoms with van der Waals surface area (Å²) in [7, 11) is 0. The Morgan fingerprint density at radius 1 is 0.875 bits per heavy atom. The van der Waals surface area contributed by atoms with E-state index in [2.05, 4.69) is 75.4 Å². The maximum absolute atomic E-state index is 6.31. The lowest BCUT2D eigenvalue weighted by Crippen LogP contribution is -2.00. The van der Waals surface area contributed by atoms with Crippen LogP contribution in [0.15, 0.2) is 54.6 Å². The maximum atomic E-state index is 6.31. The number of hydrogen-bond acceptors (Lipinski definition) is 1. The predicted octanol–water partition coefficient (Wildman–Crippen LogP) is 5.94. The van der Waals surface area contributed by atoms with E-state index in [4.69, 9.17) is 5.73 Å². The monoisotopic (exact) mass is 313 g/mol. The third-order valence-corrected chi connectivity index (χ3v) is 5.20. The van der Waals surface area contributed by atoms with Crippen molar-refractivity contribution in [1.82, 2.24) is 0 Å². The van der Waals surface area contributed by atoms with E-state index >= 15 is 0 Å². The normalized spacial score (nSPS) is 12.3. The molecular formula is C23H23N. The molecule has 24 heavy (non-hydrogen) atoms. The molecule has 0 radical (unpaired) electrons. The van der Waals surface area contributed by atoms with Crippen molar-refractivity contribution < 1.29 is 0 Å². The Kier molecular flexibility index (Phi) is 3.45. The molecule has 0 aliphatic heterocycles. The Bertz CT molecular complexity index is 935. The van der Waals surface area contributed by atoms with E-state index in [1.165, 1.54) is 44.5 Å². The molecule has 1 heteroatoms. The molecule has 0 amide bonds. The van der Waals surface area contributed by atoms with Gasteiger partial charge in [-0.2, -0.15) is 0 Å². The van der Waals surface area contributed by atoms with Crippen LogP contribution in [0.1, 0.15) is 42.0 Å². The highest BCUT2D eigenvalue weighted by Crippen LogP contribution is 2.42. The van der Waals surface area contributed by atoms with Gasteiger partial charge in [0.1, 0.15) is 0 Å². The molecule has 0 aromatic heterocycles. The fourth-order valence-electron chi connectivity index (χ4n) is 3.89. The molecule has 1 aliphatic rings. The summed E-state index contributed by atoms with van der Waals surface area (Å²) in [6.45, 7) is 6.53. The van der Waals surface area contributed by atoms with Gasteiger partial charge >= 0.3 is 0 Å². The van der Waals surface area contributed by atoms with Crippen molar-refractivity contribution in [3.8, 4) is 22.3 Å². The van der Waals surface area contributed by atoms with E-state index < -0.39 is 0 Å². The molecule has 1 aliphatic carbocycles. The van der Waals surface area contributed by atoms with Gasteiger partial charge in [0.15, 0.2) is 0 Å². The molecular weight excluding hydrogens is 290 g/mol. The predicted molar refractivity (Wildman–Crippen MR) is 103 cm³/mol. The van der Waals surface area contributed by atoms with Crippen LogP contribution in [0.2, 0.25) is 0 Å². The Hall–Kier alpha value is -2.54. The van der Waals surface area contributed by atoms with Crippen molar-refractivity contribution in [3.63, 3.8) is 0 Å². The smallest absolute Gasteiger partial charge is 0.0379 e. The fourth-order valence-corrected chi connectivity index (χ4v) is 3.89. The molecule has 2 N–H and O–H groups in total. The van der Waals surface area contributed by atoms with E-state index in [1.807, 2.05) is 0 Å². The van der Waals surface area contributed by atoms with Crippen molar-refractivity contribution in [1.29, 1.82) is 0 Å². The van der Waals surface area contributed by atoms with Gasteiger partial charge in [0.2, 0.25) is 0 Å². The zero-order chi connectivity index (χ0) is 16.8. The minimum Gasteiger partial charge on any atom is -0.398 e. The number of hydrogen-bond donors (Lipinski definition) is 1. The van der Waals surface area contributed by atoms with E-state index in [0.717, 1.165) is 12.1 Å². The van der Waals surface area contributed by atoms with E-state index in [-0.39, 0.29) is 0 Å². The first-order chi connectivity index (χ1) is 11.6. The summed E-state index contributed by atoms with van der Waals surface area (Å²) in [5.41, 5.74) is 17.9. The lowest BCUT2D eigenvalue weighted by molar-refractivity contribution is 0.869. The average molecular weight is 313 g/mol. The SMILES string of the molecule is Cc1cc(-c2cccc3c2Cc2ccccc2-3)cc(C(C)C)c1N. The minimum atomic E-state index is 0.428. The van der Waals surface area contributed by atoms with Crippen molar-refractivity contribution >= 4 is 5.69 Å². The zero-order valence-corrected chi connectivity index (χ0v) is 14.6. The van der Waals surface area contributed by atoms with Crippen molar-refractivity contribution in [2.75, 3.05) is 5.73 Å². The molecule has 4 rings (SSSR count). The van der Waals surface area contributed by atoms with Crippen molar-refractivity contribution in [3.05, 3.63) is 76.9 Å². The second-order valence-electron chi connectivity index (χ2n) is 7.12. The Labute approximate surface area is 144 Å². The number of nitrogens with two attached hydrogens (primary N) is 1. The summed E-state index contributed by atoms with van der Waals surface area (Å²) in [6.07, 6.45) is 1.02. The van der Waals surface area contributed by atoms with Gasteiger partial charge in [-0.3, -0.25) is 0 Å². The molecule has 0 saturated carbocycles. The highest BCUT2D eigenvalue weighted by atomic mass is 14.6. The van der Waals surface area contributed by atoms with E-state index in [9.17, 15) is 0 Å². The third-order valence-electron chi connectivity index (χ3n) is 5.20. The molecule has 0 atom stereocenters. The van der Waals surface area contributed by atoms with Gasteiger partial charge < -0.3 is 5.73 Å². The molecule has 0 heterocycles. The second-order valence-corrected chi connectivity index (χ2v) is 7.12. The summed E-state index contributed by atoms with van der Waals surface area (Å²) in [4.78, 5) is 0. The minimum absolute atomic E-state index is 0.428. The summed E-state index contributed by atoms with van der Waals surface area (Å²) in [5.74, 6) is 0.428. The molecule has 3 aromatic rings. The summed E-state index contributed by atoms with van der Waals surface area (Å²) in [5, 5.41) is 0. The number of benzene rings is 3. The summed E-state index contributed by atoms with van der Waals surface area (Å²) >= 11 is 0. The fraction of sp³-hybridized carbons (Fsp3) is 0.217. The first-order valence-corrected chi connectivity index (χ1v) is 8.67. The zero-order valence-electron chi connectivity index (χ0n) is 14.6. The number of rotatable bonds is 2. The van der Waals surface area contributed by atoms with Gasteiger partial charge in [-0.25, -0.2) is 0 Å². The standard InChI is InChI=1S/C23H23N/c1-14(2)21-13-17(11-15(3)23(21)24)19-9-6-10-20-18-8-5-4-7-16(18)12-22(19)20/h4-11,13-14H,12,24H2,1-3H3. The van der Waals surface area contributed by atoms with Crippen LogP contribution in [0.3, 0.4) is 0 Å². The number of nitrogen functional groups attached to an aromatic ring is 1. The van der Waals surface area contributed by atoms with Crippen LogP contribution in [-0.4, -0.2) is 0 Å². The van der Waals surface area contributed by atoms with Crippen molar-refractivity contribution in [2.24, 2.45) is 0 Å². The molecule has 0 bridgehead atoms. The Morgan fingerprint density at radius 3 is 2.38 bits per heavy atom. The maximum Gasteiger partial charge on any atom is 0.0379 e. The molecule has 1 nitrogen and oxygen atoms in total. The van der Waals surface area contributed by atoms with Gasteiger partial charge in [-0.15, -0.1) is 0 Å². The molecule has 3 aromatic carbocycles. The lowest BCUT2D eigenvalue weighted by atomic mass is 9.90. The topological polar surface area (TPSA) is 26.0 Å². The van der Waals surface area contributed by atoms with Crippen LogP contribution in [0.25, 0.3) is 22.3 Å². The highest BCUT2D eigenvalue weighted by Gasteiger charge is 2.21. The number of anilines is 1. The second kappa shape index (κ2) is 5.52.